The van der Waals surface area contributed by atoms with Crippen molar-refractivity contribution >= 4 is 72.8 Å². The molecule has 0 spiro atoms. The molecule has 0 atom stereocenters. The van der Waals surface area contributed by atoms with Crippen LogP contribution in [0, 0.1) is 0 Å². The molecule has 3 nitrogen and oxygen atoms in total. The number of thiophene rings is 1. The second-order valence-electron chi connectivity index (χ2n) is 5.57. The third-order valence-electron chi connectivity index (χ3n) is 3.97. The first-order valence-corrected chi connectivity index (χ1v) is 10.1. The number of hydrogen-bond donors (Lipinski definition) is 0. The summed E-state index contributed by atoms with van der Waals surface area (Å²) < 4.78 is 3.89. The first kappa shape index (κ1) is 17.5. The van der Waals surface area contributed by atoms with Crippen LogP contribution in [0.2, 0.25) is 8.67 Å². The molecule has 2 heterocycles. The van der Waals surface area contributed by atoms with Crippen LogP contribution in [0.3, 0.4) is 0 Å². The maximum absolute atomic E-state index is 12.6. The zero-order valence-corrected chi connectivity index (χ0v) is 16.6. The van der Waals surface area contributed by atoms with Gasteiger partial charge >= 0.3 is 0 Å². The lowest BCUT2D eigenvalue weighted by Gasteiger charge is -2.02. The molecule has 0 saturated carbocycles. The van der Waals surface area contributed by atoms with Crippen molar-refractivity contribution in [1.82, 2.24) is 4.57 Å². The summed E-state index contributed by atoms with van der Waals surface area (Å²) in [5.41, 5.74) is 1.35. The molecule has 0 saturated heterocycles. The first-order valence-electron chi connectivity index (χ1n) is 7.74. The SMILES string of the molecule is C=CCn1c(=NC(=O)c2cc(Cl)sc2Cl)sc2c3ccccc3ccc21. The van der Waals surface area contributed by atoms with Crippen molar-refractivity contribution in [2.45, 2.75) is 6.54 Å². The maximum atomic E-state index is 12.6. The molecule has 0 aliphatic carbocycles. The van der Waals surface area contributed by atoms with Gasteiger partial charge in [-0.15, -0.1) is 17.9 Å². The summed E-state index contributed by atoms with van der Waals surface area (Å²) in [4.78, 5) is 17.5. The zero-order valence-electron chi connectivity index (χ0n) is 13.4. The number of amides is 1. The number of allylic oxidation sites excluding steroid dienone is 1. The molecule has 1 amide bonds. The smallest absolute Gasteiger partial charge is 0.282 e. The predicted molar refractivity (Wildman–Crippen MR) is 112 cm³/mol. The van der Waals surface area contributed by atoms with E-state index in [2.05, 4.69) is 35.8 Å². The average molecular weight is 419 g/mol. The number of hydrogen-bond acceptors (Lipinski definition) is 3. The molecule has 4 rings (SSSR count). The van der Waals surface area contributed by atoms with Gasteiger partial charge < -0.3 is 4.57 Å². The Morgan fingerprint density at radius 1 is 1.19 bits per heavy atom. The van der Waals surface area contributed by atoms with Gasteiger partial charge in [0.05, 0.1) is 20.1 Å². The first-order chi connectivity index (χ1) is 12.6. The van der Waals surface area contributed by atoms with E-state index >= 15 is 0 Å². The van der Waals surface area contributed by atoms with Gasteiger partial charge in [0.15, 0.2) is 4.80 Å². The summed E-state index contributed by atoms with van der Waals surface area (Å²) in [5.74, 6) is -0.396. The van der Waals surface area contributed by atoms with E-state index in [1.807, 2.05) is 16.7 Å². The molecule has 130 valence electrons. The number of fused-ring (bicyclic) bond motifs is 3. The standard InChI is InChI=1S/C19H12Cl2N2OS2/c1-2-9-23-14-8-7-11-5-3-4-6-12(11)16(14)26-19(23)22-18(24)13-10-15(20)25-17(13)21/h2-8,10H,1,9H2. The molecule has 0 N–H and O–H groups in total. The van der Waals surface area contributed by atoms with Gasteiger partial charge in [-0.2, -0.15) is 4.99 Å². The minimum atomic E-state index is -0.396. The van der Waals surface area contributed by atoms with Crippen molar-refractivity contribution in [1.29, 1.82) is 0 Å². The second-order valence-corrected chi connectivity index (χ2v) is 8.84. The highest BCUT2D eigenvalue weighted by Crippen LogP contribution is 2.32. The molecule has 0 aliphatic heterocycles. The Balaban J connectivity index is 1.97. The maximum Gasteiger partial charge on any atom is 0.282 e. The van der Waals surface area contributed by atoms with Crippen molar-refractivity contribution in [3.05, 3.63) is 74.2 Å². The number of rotatable bonds is 3. The fraction of sp³-hybridized carbons (Fsp3) is 0.0526. The second kappa shape index (κ2) is 7.00. The average Bonchev–Trinajstić information content (AvgIpc) is 3.15. The molecule has 2 aromatic carbocycles. The van der Waals surface area contributed by atoms with Crippen LogP contribution in [0.5, 0.6) is 0 Å². The largest absolute Gasteiger partial charge is 0.312 e. The van der Waals surface area contributed by atoms with Gasteiger partial charge in [-0.05, 0) is 17.5 Å². The Morgan fingerprint density at radius 2 is 2.00 bits per heavy atom. The van der Waals surface area contributed by atoms with Crippen molar-refractivity contribution < 1.29 is 4.79 Å². The molecule has 2 aromatic heterocycles. The van der Waals surface area contributed by atoms with Gasteiger partial charge in [-0.1, -0.05) is 70.9 Å². The summed E-state index contributed by atoms with van der Waals surface area (Å²) in [5, 5.41) is 2.29. The number of benzene rings is 2. The molecular weight excluding hydrogens is 407 g/mol. The molecule has 0 radical (unpaired) electrons. The van der Waals surface area contributed by atoms with Crippen LogP contribution in [0.4, 0.5) is 0 Å². The van der Waals surface area contributed by atoms with Gasteiger partial charge in [0.25, 0.3) is 5.91 Å². The number of carbonyl (C=O) groups is 1. The van der Waals surface area contributed by atoms with E-state index in [9.17, 15) is 4.79 Å². The Labute approximate surface area is 167 Å². The van der Waals surface area contributed by atoms with Crippen molar-refractivity contribution in [2.75, 3.05) is 0 Å². The Morgan fingerprint density at radius 3 is 2.73 bits per heavy atom. The number of carbonyl (C=O) groups excluding carboxylic acids is 1. The Kier molecular flexibility index (Phi) is 4.71. The number of nitrogens with zero attached hydrogens (tertiary/aromatic N) is 2. The highest BCUT2D eigenvalue weighted by atomic mass is 35.5. The van der Waals surface area contributed by atoms with Crippen LogP contribution >= 0.6 is 45.9 Å². The lowest BCUT2D eigenvalue weighted by molar-refractivity contribution is 0.0998. The fourth-order valence-electron chi connectivity index (χ4n) is 2.82. The lowest BCUT2D eigenvalue weighted by atomic mass is 10.1. The molecule has 7 heteroatoms. The van der Waals surface area contributed by atoms with E-state index in [1.54, 1.807) is 12.1 Å². The monoisotopic (exact) mass is 418 g/mol. The Hall–Kier alpha value is -1.92. The van der Waals surface area contributed by atoms with Crippen LogP contribution < -0.4 is 4.80 Å². The van der Waals surface area contributed by atoms with Gasteiger partial charge in [0, 0.05) is 11.9 Å². The number of aromatic nitrogens is 1. The third-order valence-corrected chi connectivity index (χ3v) is 6.58. The quantitative estimate of drug-likeness (QED) is 0.367. The van der Waals surface area contributed by atoms with E-state index in [0.717, 1.165) is 32.3 Å². The van der Waals surface area contributed by atoms with E-state index in [1.165, 1.54) is 11.3 Å². The van der Waals surface area contributed by atoms with Gasteiger partial charge in [0.1, 0.15) is 4.34 Å². The van der Waals surface area contributed by atoms with Crippen LogP contribution in [-0.2, 0) is 6.54 Å². The van der Waals surface area contributed by atoms with Crippen LogP contribution in [0.1, 0.15) is 10.4 Å². The van der Waals surface area contributed by atoms with Crippen LogP contribution in [-0.4, -0.2) is 10.5 Å². The third kappa shape index (κ3) is 3.01. The number of halogens is 2. The molecule has 0 unspecified atom stereocenters. The van der Waals surface area contributed by atoms with Crippen LogP contribution in [0.25, 0.3) is 21.0 Å². The highest BCUT2D eigenvalue weighted by molar-refractivity contribution is 7.20. The molecule has 0 fully saturated rings. The summed E-state index contributed by atoms with van der Waals surface area (Å²) in [7, 11) is 0. The summed E-state index contributed by atoms with van der Waals surface area (Å²) in [6, 6.07) is 13.8. The predicted octanol–water partition coefficient (Wildman–Crippen LogP) is 6.15. The molecular formula is C19H12Cl2N2OS2. The molecule has 26 heavy (non-hydrogen) atoms. The molecule has 4 aromatic rings. The lowest BCUT2D eigenvalue weighted by Crippen LogP contribution is -2.16. The zero-order chi connectivity index (χ0) is 18.3. The van der Waals surface area contributed by atoms with E-state index in [-0.39, 0.29) is 0 Å². The summed E-state index contributed by atoms with van der Waals surface area (Å²) >= 11 is 14.7. The highest BCUT2D eigenvalue weighted by Gasteiger charge is 2.15. The van der Waals surface area contributed by atoms with E-state index in [4.69, 9.17) is 23.2 Å². The van der Waals surface area contributed by atoms with E-state index in [0.29, 0.717) is 25.6 Å². The van der Waals surface area contributed by atoms with Crippen LogP contribution in [0.15, 0.2) is 60.1 Å². The Bertz CT molecular complexity index is 1230. The van der Waals surface area contributed by atoms with E-state index < -0.39 is 5.91 Å². The van der Waals surface area contributed by atoms with Gasteiger partial charge in [-0.3, -0.25) is 4.79 Å². The summed E-state index contributed by atoms with van der Waals surface area (Å²) in [6.07, 6.45) is 1.79. The fourth-order valence-corrected chi connectivity index (χ4v) is 5.44. The van der Waals surface area contributed by atoms with Gasteiger partial charge in [0.2, 0.25) is 0 Å². The molecule has 0 bridgehead atoms. The van der Waals surface area contributed by atoms with Gasteiger partial charge in [-0.25, -0.2) is 0 Å². The normalized spacial score (nSPS) is 12.2. The van der Waals surface area contributed by atoms with Crippen molar-refractivity contribution in [2.24, 2.45) is 4.99 Å². The minimum Gasteiger partial charge on any atom is -0.312 e. The number of thiazole rings is 1. The minimum absolute atomic E-state index is 0.328. The summed E-state index contributed by atoms with van der Waals surface area (Å²) in [6.45, 7) is 4.38. The topological polar surface area (TPSA) is 34.4 Å². The molecule has 0 aliphatic rings. The van der Waals surface area contributed by atoms with Crippen molar-refractivity contribution in [3.8, 4) is 0 Å². The van der Waals surface area contributed by atoms with Crippen molar-refractivity contribution in [3.63, 3.8) is 0 Å².